The maximum atomic E-state index is 13.0. The summed E-state index contributed by atoms with van der Waals surface area (Å²) in [6.45, 7) is 0. The molecule has 0 aliphatic rings. The van der Waals surface area contributed by atoms with Gasteiger partial charge in [0.1, 0.15) is 6.10 Å². The van der Waals surface area contributed by atoms with E-state index in [1.165, 1.54) is 12.1 Å². The van der Waals surface area contributed by atoms with Gasteiger partial charge in [-0.3, -0.25) is 0 Å². The Kier molecular flexibility index (Phi) is 4.62. The topological polar surface area (TPSA) is 40.5 Å². The first-order valence-electron chi connectivity index (χ1n) is 4.04. The highest BCUT2D eigenvalue weighted by atomic mass is 35.5. The third-order valence-corrected chi connectivity index (χ3v) is 2.74. The monoisotopic (exact) mass is 272 g/mol. The van der Waals surface area contributed by atoms with Crippen molar-refractivity contribution in [3.8, 4) is 0 Å². The lowest BCUT2D eigenvalue weighted by Crippen LogP contribution is -2.19. The van der Waals surface area contributed by atoms with Crippen molar-refractivity contribution in [2.45, 2.75) is 12.2 Å². The van der Waals surface area contributed by atoms with E-state index in [2.05, 4.69) is 0 Å². The minimum Gasteiger partial charge on any atom is -0.389 e. The first-order chi connectivity index (χ1) is 6.97. The summed E-state index contributed by atoms with van der Waals surface area (Å²) in [6, 6.07) is 2.40. The van der Waals surface area contributed by atoms with Gasteiger partial charge < -0.3 is 10.2 Å². The van der Waals surface area contributed by atoms with Gasteiger partial charge in [-0.05, 0) is 17.7 Å². The van der Waals surface area contributed by atoms with E-state index in [1.54, 1.807) is 0 Å². The van der Waals surface area contributed by atoms with Gasteiger partial charge in [0.15, 0.2) is 5.82 Å². The molecule has 0 saturated heterocycles. The number of hydrogen-bond donors (Lipinski definition) is 2. The van der Waals surface area contributed by atoms with E-state index in [1.807, 2.05) is 0 Å². The van der Waals surface area contributed by atoms with Crippen molar-refractivity contribution in [3.05, 3.63) is 33.6 Å². The van der Waals surface area contributed by atoms with Crippen molar-refractivity contribution in [3.63, 3.8) is 0 Å². The second kappa shape index (κ2) is 5.32. The summed E-state index contributed by atoms with van der Waals surface area (Å²) in [5.74, 6) is -0.900. The quantitative estimate of drug-likeness (QED) is 0.657. The fourth-order valence-electron chi connectivity index (χ4n) is 1.05. The Balaban J connectivity index is 3.06. The molecule has 6 heteroatoms. The lowest BCUT2D eigenvalue weighted by atomic mass is 10.1. The van der Waals surface area contributed by atoms with Gasteiger partial charge in [0.2, 0.25) is 0 Å². The molecule has 0 fully saturated rings. The van der Waals surface area contributed by atoms with Crippen molar-refractivity contribution < 1.29 is 14.6 Å². The molecule has 2 unspecified atom stereocenters. The molecule has 0 radical (unpaired) electrons. The zero-order chi connectivity index (χ0) is 11.6. The second-order valence-electron chi connectivity index (χ2n) is 2.97. The fraction of sp³-hybridized carbons (Fsp3) is 0.333. The zero-order valence-corrected chi connectivity index (χ0v) is 9.69. The van der Waals surface area contributed by atoms with E-state index < -0.39 is 18.0 Å². The molecular weight excluding hydrogens is 265 g/mol. The SMILES string of the molecule is OC(CCl)C(O)c1cc(Cl)c(F)c(Cl)c1. The normalized spacial score (nSPS) is 15.1. The van der Waals surface area contributed by atoms with Crippen LogP contribution in [0.25, 0.3) is 0 Å². The summed E-state index contributed by atoms with van der Waals surface area (Å²) in [7, 11) is 0. The summed E-state index contributed by atoms with van der Waals surface area (Å²) < 4.78 is 13.0. The lowest BCUT2D eigenvalue weighted by molar-refractivity contribution is 0.0327. The molecule has 0 saturated carbocycles. The molecule has 1 aromatic rings. The maximum Gasteiger partial charge on any atom is 0.160 e. The van der Waals surface area contributed by atoms with Crippen LogP contribution in [0.1, 0.15) is 11.7 Å². The van der Waals surface area contributed by atoms with Crippen LogP contribution in [0.3, 0.4) is 0 Å². The minimum absolute atomic E-state index is 0.145. The van der Waals surface area contributed by atoms with Crippen molar-refractivity contribution >= 4 is 34.8 Å². The van der Waals surface area contributed by atoms with Gasteiger partial charge in [-0.25, -0.2) is 4.39 Å². The van der Waals surface area contributed by atoms with E-state index in [9.17, 15) is 14.6 Å². The largest absolute Gasteiger partial charge is 0.389 e. The zero-order valence-electron chi connectivity index (χ0n) is 7.42. The molecular formula is C9H8Cl3FO2. The molecule has 2 atom stereocenters. The smallest absolute Gasteiger partial charge is 0.160 e. The summed E-state index contributed by atoms with van der Waals surface area (Å²) in [5, 5.41) is 18.4. The Morgan fingerprint density at radius 3 is 2.07 bits per heavy atom. The van der Waals surface area contributed by atoms with Crippen LogP contribution in [-0.2, 0) is 0 Å². The van der Waals surface area contributed by atoms with Gasteiger partial charge in [-0.1, -0.05) is 23.2 Å². The van der Waals surface area contributed by atoms with Crippen LogP contribution < -0.4 is 0 Å². The Hall–Kier alpha value is -0.0600. The Bertz CT molecular complexity index is 336. The average Bonchev–Trinajstić information content (AvgIpc) is 2.23. The summed E-state index contributed by atoms with van der Waals surface area (Å²) in [4.78, 5) is 0. The predicted molar refractivity (Wildman–Crippen MR) is 58.1 cm³/mol. The van der Waals surface area contributed by atoms with Crippen LogP contribution in [-0.4, -0.2) is 22.2 Å². The molecule has 0 spiro atoms. The van der Waals surface area contributed by atoms with E-state index in [4.69, 9.17) is 34.8 Å². The highest BCUT2D eigenvalue weighted by Gasteiger charge is 2.19. The maximum absolute atomic E-state index is 13.0. The van der Waals surface area contributed by atoms with E-state index >= 15 is 0 Å². The highest BCUT2D eigenvalue weighted by molar-refractivity contribution is 6.35. The molecule has 0 aliphatic carbocycles. The van der Waals surface area contributed by atoms with Crippen molar-refractivity contribution in [1.82, 2.24) is 0 Å². The molecule has 0 bridgehead atoms. The van der Waals surface area contributed by atoms with Crippen LogP contribution >= 0.6 is 34.8 Å². The van der Waals surface area contributed by atoms with Gasteiger partial charge in [-0.2, -0.15) is 0 Å². The van der Waals surface area contributed by atoms with Crippen LogP contribution in [0.5, 0.6) is 0 Å². The number of halogens is 4. The summed E-state index contributed by atoms with van der Waals surface area (Å²) >= 11 is 16.4. The minimum atomic E-state index is -1.24. The Morgan fingerprint density at radius 2 is 1.67 bits per heavy atom. The fourth-order valence-corrected chi connectivity index (χ4v) is 1.73. The Labute approximate surface area is 101 Å². The summed E-state index contributed by atoms with van der Waals surface area (Å²) in [6.07, 6.45) is -2.39. The molecule has 2 N–H and O–H groups in total. The predicted octanol–water partition coefficient (Wildman–Crippen LogP) is 2.77. The molecule has 0 heterocycles. The number of rotatable bonds is 3. The van der Waals surface area contributed by atoms with Crippen LogP contribution in [0, 0.1) is 5.82 Å². The van der Waals surface area contributed by atoms with E-state index in [0.717, 1.165) is 0 Å². The lowest BCUT2D eigenvalue weighted by Gasteiger charge is -2.16. The van der Waals surface area contributed by atoms with Gasteiger partial charge in [0.25, 0.3) is 0 Å². The number of aliphatic hydroxyl groups is 2. The number of aliphatic hydroxyl groups excluding tert-OH is 2. The van der Waals surface area contributed by atoms with E-state index in [-0.39, 0.29) is 21.5 Å². The molecule has 1 rings (SSSR count). The van der Waals surface area contributed by atoms with Crippen molar-refractivity contribution in [2.75, 3.05) is 5.88 Å². The average molecular weight is 274 g/mol. The van der Waals surface area contributed by atoms with Gasteiger partial charge in [-0.15, -0.1) is 11.6 Å². The molecule has 2 nitrogen and oxygen atoms in total. The standard InChI is InChI=1S/C9H8Cl3FO2/c10-3-7(14)9(15)4-1-5(11)8(13)6(12)2-4/h1-2,7,9,14-15H,3H2. The van der Waals surface area contributed by atoms with Gasteiger partial charge in [0.05, 0.1) is 22.0 Å². The molecule has 15 heavy (non-hydrogen) atoms. The van der Waals surface area contributed by atoms with Crippen LogP contribution in [0.2, 0.25) is 10.0 Å². The number of alkyl halides is 1. The van der Waals surface area contributed by atoms with Crippen molar-refractivity contribution in [1.29, 1.82) is 0 Å². The number of benzene rings is 1. The summed E-state index contributed by atoms with van der Waals surface area (Å²) in [5.41, 5.74) is 0.222. The third-order valence-electron chi connectivity index (χ3n) is 1.87. The number of hydrogen-bond acceptors (Lipinski definition) is 2. The third kappa shape index (κ3) is 2.95. The van der Waals surface area contributed by atoms with Gasteiger partial charge in [0, 0.05) is 0 Å². The van der Waals surface area contributed by atoms with Crippen LogP contribution in [0.15, 0.2) is 12.1 Å². The highest BCUT2D eigenvalue weighted by Crippen LogP contribution is 2.29. The molecule has 0 aliphatic heterocycles. The molecule has 0 amide bonds. The van der Waals surface area contributed by atoms with E-state index in [0.29, 0.717) is 0 Å². The molecule has 84 valence electrons. The first kappa shape index (κ1) is 13.0. The molecule has 0 aromatic heterocycles. The Morgan fingerprint density at radius 1 is 1.20 bits per heavy atom. The molecule has 1 aromatic carbocycles. The van der Waals surface area contributed by atoms with Gasteiger partial charge >= 0.3 is 0 Å². The first-order valence-corrected chi connectivity index (χ1v) is 5.33. The van der Waals surface area contributed by atoms with Crippen LogP contribution in [0.4, 0.5) is 4.39 Å². The van der Waals surface area contributed by atoms with Crippen molar-refractivity contribution in [2.24, 2.45) is 0 Å². The second-order valence-corrected chi connectivity index (χ2v) is 4.09.